The fourth-order valence-electron chi connectivity index (χ4n) is 3.34. The second-order valence-electron chi connectivity index (χ2n) is 7.16. The highest BCUT2D eigenvalue weighted by Crippen LogP contribution is 2.30. The lowest BCUT2D eigenvalue weighted by Crippen LogP contribution is -2.13. The summed E-state index contributed by atoms with van der Waals surface area (Å²) in [7, 11) is 0. The molecule has 5 nitrogen and oxygen atoms in total. The molecule has 0 aliphatic carbocycles. The first-order chi connectivity index (χ1) is 14.3. The zero-order valence-electron chi connectivity index (χ0n) is 17.2. The molecule has 0 fully saturated rings. The van der Waals surface area contributed by atoms with Gasteiger partial charge in [0.1, 0.15) is 0 Å². The number of aromatic carboxylic acids is 1. The lowest BCUT2D eigenvalue weighted by atomic mass is 9.93. The molecule has 3 rings (SSSR count). The van der Waals surface area contributed by atoms with Crippen LogP contribution < -0.4 is 5.32 Å². The highest BCUT2D eigenvalue weighted by atomic mass is 16.4. The van der Waals surface area contributed by atoms with Gasteiger partial charge in [0.25, 0.3) is 5.91 Å². The number of carbonyl (C=O) groups excluding carboxylic acids is 2. The Balaban J connectivity index is 1.91. The number of rotatable bonds is 6. The molecule has 5 heteroatoms. The van der Waals surface area contributed by atoms with E-state index in [0.29, 0.717) is 22.4 Å². The van der Waals surface area contributed by atoms with Crippen LogP contribution in [0.25, 0.3) is 11.1 Å². The molecule has 0 aliphatic heterocycles. The molecule has 0 atom stereocenters. The summed E-state index contributed by atoms with van der Waals surface area (Å²) in [5.74, 6) is -1.52. The van der Waals surface area contributed by atoms with Crippen molar-refractivity contribution in [2.24, 2.45) is 0 Å². The summed E-state index contributed by atoms with van der Waals surface area (Å²) in [6, 6.07) is 17.2. The van der Waals surface area contributed by atoms with E-state index in [1.165, 1.54) is 18.6 Å². The van der Waals surface area contributed by atoms with Crippen LogP contribution >= 0.6 is 0 Å². The summed E-state index contributed by atoms with van der Waals surface area (Å²) in [4.78, 5) is 35.8. The fraction of sp³-hybridized carbons (Fsp3) is 0.160. The second-order valence-corrected chi connectivity index (χ2v) is 7.16. The zero-order valence-corrected chi connectivity index (χ0v) is 17.2. The van der Waals surface area contributed by atoms with Gasteiger partial charge in [-0.15, -0.1) is 0 Å². The third kappa shape index (κ3) is 4.46. The van der Waals surface area contributed by atoms with Crippen molar-refractivity contribution in [3.8, 4) is 11.1 Å². The first-order valence-corrected chi connectivity index (χ1v) is 9.69. The Morgan fingerprint density at radius 3 is 2.07 bits per heavy atom. The van der Waals surface area contributed by atoms with Gasteiger partial charge >= 0.3 is 5.97 Å². The molecule has 30 heavy (non-hydrogen) atoms. The fourth-order valence-corrected chi connectivity index (χ4v) is 3.34. The smallest absolute Gasteiger partial charge is 0.336 e. The van der Waals surface area contributed by atoms with Crippen LogP contribution in [0.15, 0.2) is 60.7 Å². The number of hydrogen-bond acceptors (Lipinski definition) is 3. The minimum Gasteiger partial charge on any atom is -0.478 e. The Kier molecular flexibility index (Phi) is 6.11. The number of benzene rings is 3. The van der Waals surface area contributed by atoms with Gasteiger partial charge in [0.05, 0.1) is 5.56 Å². The number of carboxylic acids is 1. The first-order valence-electron chi connectivity index (χ1n) is 9.69. The summed E-state index contributed by atoms with van der Waals surface area (Å²) in [5, 5.41) is 12.5. The lowest BCUT2D eigenvalue weighted by Gasteiger charge is -2.13. The van der Waals surface area contributed by atoms with Crippen LogP contribution in [0.3, 0.4) is 0 Å². The molecule has 0 unspecified atom stereocenters. The number of amides is 1. The SMILES string of the molecule is CCc1ccc(-c2ccc(NC(=O)c3ccc(C(C)=O)cc3)cc2C(=O)O)c(C)c1. The molecule has 0 saturated carbocycles. The standard InChI is InChI=1S/C25H23NO4/c1-4-17-5-11-21(15(2)13-17)22-12-10-20(14-23(22)25(29)30)26-24(28)19-8-6-18(7-9-19)16(3)27/h5-14H,4H2,1-3H3,(H,26,28)(H,29,30). The van der Waals surface area contributed by atoms with Crippen molar-refractivity contribution >= 4 is 23.3 Å². The van der Waals surface area contributed by atoms with Crippen molar-refractivity contribution in [3.63, 3.8) is 0 Å². The summed E-state index contributed by atoms with van der Waals surface area (Å²) in [5.41, 5.74) is 5.05. The van der Waals surface area contributed by atoms with E-state index in [1.54, 1.807) is 36.4 Å². The summed E-state index contributed by atoms with van der Waals surface area (Å²) in [6.45, 7) is 5.49. The van der Waals surface area contributed by atoms with E-state index >= 15 is 0 Å². The van der Waals surface area contributed by atoms with Crippen LogP contribution in [-0.2, 0) is 6.42 Å². The van der Waals surface area contributed by atoms with Crippen molar-refractivity contribution in [1.82, 2.24) is 0 Å². The molecule has 3 aromatic rings. The predicted octanol–water partition coefficient (Wildman–Crippen LogP) is 5.38. The van der Waals surface area contributed by atoms with Gasteiger partial charge in [-0.1, -0.05) is 43.3 Å². The molecule has 2 N–H and O–H groups in total. The van der Waals surface area contributed by atoms with Crippen LogP contribution in [0, 0.1) is 6.92 Å². The second kappa shape index (κ2) is 8.74. The molecular formula is C25H23NO4. The highest BCUT2D eigenvalue weighted by Gasteiger charge is 2.16. The monoisotopic (exact) mass is 401 g/mol. The van der Waals surface area contributed by atoms with Crippen molar-refractivity contribution in [2.75, 3.05) is 5.32 Å². The maximum absolute atomic E-state index is 12.5. The number of hydrogen-bond donors (Lipinski definition) is 2. The van der Waals surface area contributed by atoms with Gasteiger partial charge in [-0.05, 0) is 66.8 Å². The normalized spacial score (nSPS) is 10.5. The van der Waals surface area contributed by atoms with Crippen LogP contribution in [0.5, 0.6) is 0 Å². The van der Waals surface area contributed by atoms with Crippen molar-refractivity contribution in [1.29, 1.82) is 0 Å². The van der Waals surface area contributed by atoms with E-state index in [1.807, 2.05) is 19.1 Å². The Morgan fingerprint density at radius 2 is 1.50 bits per heavy atom. The van der Waals surface area contributed by atoms with Gasteiger partial charge in [-0.2, -0.15) is 0 Å². The number of Topliss-reactive ketones (excluding diaryl/α,β-unsaturated/α-hetero) is 1. The maximum Gasteiger partial charge on any atom is 0.336 e. The average Bonchev–Trinajstić information content (AvgIpc) is 2.73. The van der Waals surface area contributed by atoms with Gasteiger partial charge in [-0.25, -0.2) is 4.79 Å². The third-order valence-corrected chi connectivity index (χ3v) is 5.05. The van der Waals surface area contributed by atoms with Crippen LogP contribution in [0.4, 0.5) is 5.69 Å². The van der Waals surface area contributed by atoms with E-state index in [-0.39, 0.29) is 17.3 Å². The van der Waals surface area contributed by atoms with Crippen molar-refractivity contribution in [2.45, 2.75) is 27.2 Å². The van der Waals surface area contributed by atoms with E-state index in [4.69, 9.17) is 0 Å². The number of nitrogens with one attached hydrogen (secondary N) is 1. The Labute approximate surface area is 175 Å². The summed E-state index contributed by atoms with van der Waals surface area (Å²) < 4.78 is 0. The minimum absolute atomic E-state index is 0.0779. The molecule has 0 radical (unpaired) electrons. The summed E-state index contributed by atoms with van der Waals surface area (Å²) >= 11 is 0. The largest absolute Gasteiger partial charge is 0.478 e. The highest BCUT2D eigenvalue weighted by molar-refractivity contribution is 6.06. The van der Waals surface area contributed by atoms with E-state index < -0.39 is 5.97 Å². The molecule has 0 heterocycles. The molecule has 1 amide bonds. The molecule has 0 aromatic heterocycles. The lowest BCUT2D eigenvalue weighted by molar-refractivity contribution is 0.0697. The van der Waals surface area contributed by atoms with Crippen LogP contribution in [-0.4, -0.2) is 22.8 Å². The third-order valence-electron chi connectivity index (χ3n) is 5.05. The topological polar surface area (TPSA) is 83.5 Å². The zero-order chi connectivity index (χ0) is 21.8. The van der Waals surface area contributed by atoms with Crippen molar-refractivity contribution < 1.29 is 19.5 Å². The number of carboxylic acid groups (broad SMARTS) is 1. The Bertz CT molecular complexity index is 1130. The number of ketones is 1. The number of anilines is 1. The van der Waals surface area contributed by atoms with E-state index in [9.17, 15) is 19.5 Å². The first kappa shape index (κ1) is 21.0. The quantitative estimate of drug-likeness (QED) is 0.543. The molecular weight excluding hydrogens is 378 g/mol. The Morgan fingerprint density at radius 1 is 0.867 bits per heavy atom. The molecule has 0 aliphatic rings. The molecule has 152 valence electrons. The van der Waals surface area contributed by atoms with Crippen LogP contribution in [0.2, 0.25) is 0 Å². The molecule has 0 spiro atoms. The summed E-state index contributed by atoms with van der Waals surface area (Å²) in [6.07, 6.45) is 0.908. The van der Waals surface area contributed by atoms with Gasteiger partial charge in [0, 0.05) is 16.8 Å². The van der Waals surface area contributed by atoms with Gasteiger partial charge in [0.15, 0.2) is 5.78 Å². The van der Waals surface area contributed by atoms with Gasteiger partial charge < -0.3 is 10.4 Å². The van der Waals surface area contributed by atoms with E-state index in [0.717, 1.165) is 17.5 Å². The molecule has 3 aromatic carbocycles. The maximum atomic E-state index is 12.5. The van der Waals surface area contributed by atoms with Crippen molar-refractivity contribution in [3.05, 3.63) is 88.5 Å². The van der Waals surface area contributed by atoms with E-state index in [2.05, 4.69) is 18.3 Å². The predicted molar refractivity (Wildman–Crippen MR) is 117 cm³/mol. The van der Waals surface area contributed by atoms with Gasteiger partial charge in [-0.3, -0.25) is 9.59 Å². The molecule has 0 bridgehead atoms. The molecule has 0 saturated heterocycles. The van der Waals surface area contributed by atoms with Gasteiger partial charge in [0.2, 0.25) is 0 Å². The Hall–Kier alpha value is -3.73. The minimum atomic E-state index is -1.06. The average molecular weight is 401 g/mol. The number of aryl methyl sites for hydroxylation is 2. The number of carbonyl (C=O) groups is 3. The van der Waals surface area contributed by atoms with Crippen LogP contribution in [0.1, 0.15) is 56.0 Å².